The van der Waals surface area contributed by atoms with Crippen LogP contribution in [0.1, 0.15) is 23.1 Å². The summed E-state index contributed by atoms with van der Waals surface area (Å²) < 4.78 is 7.35. The highest BCUT2D eigenvalue weighted by Crippen LogP contribution is 2.36. The summed E-state index contributed by atoms with van der Waals surface area (Å²) in [5.41, 5.74) is 1.57. The minimum atomic E-state index is -0.138. The Labute approximate surface area is 197 Å². The molecule has 7 nitrogen and oxygen atoms in total. The maximum absolute atomic E-state index is 13.2. The molecule has 1 aromatic carbocycles. The van der Waals surface area contributed by atoms with Crippen LogP contribution in [-0.4, -0.2) is 37.1 Å². The maximum atomic E-state index is 13.2. The molecule has 1 atom stereocenters. The molecule has 4 aromatic rings. The standard InChI is InChI=1S/C22H18ClN5O2S2/c1-27-21(14-6-2-3-7-15(14)23)24-25-22(27)32-13-20(29)28-17(19-9-5-11-31-19)12-16(26-28)18-8-4-10-30-18/h2-11,17H,12-13H2,1H3. The lowest BCUT2D eigenvalue weighted by Gasteiger charge is -2.20. The van der Waals surface area contributed by atoms with Crippen LogP contribution in [0.15, 0.2) is 74.8 Å². The van der Waals surface area contributed by atoms with Gasteiger partial charge in [-0.2, -0.15) is 5.10 Å². The van der Waals surface area contributed by atoms with Crippen LogP contribution in [0.25, 0.3) is 11.4 Å². The van der Waals surface area contributed by atoms with Crippen molar-refractivity contribution in [1.29, 1.82) is 0 Å². The van der Waals surface area contributed by atoms with Crippen LogP contribution < -0.4 is 0 Å². The van der Waals surface area contributed by atoms with E-state index in [1.54, 1.807) is 22.6 Å². The Morgan fingerprint density at radius 1 is 1.22 bits per heavy atom. The number of carbonyl (C=O) groups excluding carboxylic acids is 1. The van der Waals surface area contributed by atoms with Gasteiger partial charge in [0.2, 0.25) is 0 Å². The predicted molar refractivity (Wildman–Crippen MR) is 126 cm³/mol. The van der Waals surface area contributed by atoms with Gasteiger partial charge >= 0.3 is 0 Å². The molecule has 1 unspecified atom stereocenters. The molecule has 0 radical (unpaired) electrons. The number of aromatic nitrogens is 3. The summed E-state index contributed by atoms with van der Waals surface area (Å²) in [6.45, 7) is 0. The monoisotopic (exact) mass is 483 g/mol. The summed E-state index contributed by atoms with van der Waals surface area (Å²) in [7, 11) is 1.86. The molecule has 0 spiro atoms. The van der Waals surface area contributed by atoms with Crippen molar-refractivity contribution in [2.24, 2.45) is 12.1 Å². The zero-order valence-electron chi connectivity index (χ0n) is 17.0. The molecule has 0 saturated carbocycles. The second kappa shape index (κ2) is 8.93. The zero-order valence-corrected chi connectivity index (χ0v) is 19.4. The predicted octanol–water partition coefficient (Wildman–Crippen LogP) is 5.26. The van der Waals surface area contributed by atoms with Gasteiger partial charge in [-0.1, -0.05) is 41.6 Å². The lowest BCUT2D eigenvalue weighted by atomic mass is 10.1. The van der Waals surface area contributed by atoms with E-state index in [0.29, 0.717) is 28.2 Å². The minimum Gasteiger partial charge on any atom is -0.463 e. The van der Waals surface area contributed by atoms with Crippen molar-refractivity contribution in [3.05, 3.63) is 75.8 Å². The van der Waals surface area contributed by atoms with E-state index in [1.807, 2.05) is 65.5 Å². The van der Waals surface area contributed by atoms with E-state index in [-0.39, 0.29) is 17.7 Å². The van der Waals surface area contributed by atoms with Crippen LogP contribution in [0.2, 0.25) is 5.02 Å². The number of benzene rings is 1. The number of thioether (sulfide) groups is 1. The molecular weight excluding hydrogens is 466 g/mol. The van der Waals surface area contributed by atoms with E-state index in [0.717, 1.165) is 16.2 Å². The van der Waals surface area contributed by atoms with Gasteiger partial charge in [-0.25, -0.2) is 5.01 Å². The number of furan rings is 1. The molecule has 1 aliphatic heterocycles. The van der Waals surface area contributed by atoms with Gasteiger partial charge in [0.1, 0.15) is 11.5 Å². The number of carbonyl (C=O) groups is 1. The first-order valence-corrected chi connectivity index (χ1v) is 12.1. The van der Waals surface area contributed by atoms with Gasteiger partial charge in [-0.15, -0.1) is 21.5 Å². The van der Waals surface area contributed by atoms with Crippen molar-refractivity contribution >= 4 is 46.3 Å². The second-order valence-corrected chi connectivity index (χ2v) is 9.46. The molecule has 3 aromatic heterocycles. The fourth-order valence-corrected chi connectivity index (χ4v) is 5.34. The Morgan fingerprint density at radius 3 is 2.84 bits per heavy atom. The van der Waals surface area contributed by atoms with Crippen molar-refractivity contribution in [2.75, 3.05) is 5.75 Å². The number of rotatable bonds is 6. The van der Waals surface area contributed by atoms with Gasteiger partial charge in [0, 0.05) is 23.9 Å². The third kappa shape index (κ3) is 3.99. The average Bonchev–Trinajstić information content (AvgIpc) is 3.59. The fraction of sp³-hybridized carbons (Fsp3) is 0.182. The highest BCUT2D eigenvalue weighted by atomic mass is 35.5. The number of halogens is 1. The van der Waals surface area contributed by atoms with Gasteiger partial charge in [-0.05, 0) is 35.7 Å². The molecule has 5 rings (SSSR count). The number of amides is 1. The Bertz CT molecular complexity index is 1270. The smallest absolute Gasteiger partial charge is 0.253 e. The number of hydrogen-bond acceptors (Lipinski definition) is 7. The van der Waals surface area contributed by atoms with Gasteiger partial charge in [0.05, 0.1) is 23.1 Å². The first-order valence-electron chi connectivity index (χ1n) is 9.85. The number of hydrogen-bond donors (Lipinski definition) is 0. The third-order valence-electron chi connectivity index (χ3n) is 5.12. The number of hydrazone groups is 1. The molecule has 162 valence electrons. The Balaban J connectivity index is 1.34. The molecule has 0 bridgehead atoms. The van der Waals surface area contributed by atoms with Gasteiger partial charge in [0.25, 0.3) is 5.91 Å². The van der Waals surface area contributed by atoms with Crippen molar-refractivity contribution in [2.45, 2.75) is 17.6 Å². The van der Waals surface area contributed by atoms with E-state index < -0.39 is 0 Å². The number of thiophene rings is 1. The van der Waals surface area contributed by atoms with Gasteiger partial charge in [-0.3, -0.25) is 4.79 Å². The van der Waals surface area contributed by atoms with E-state index >= 15 is 0 Å². The first kappa shape index (κ1) is 21.0. The van der Waals surface area contributed by atoms with Crippen molar-refractivity contribution in [1.82, 2.24) is 19.8 Å². The largest absolute Gasteiger partial charge is 0.463 e. The summed E-state index contributed by atoms with van der Waals surface area (Å²) in [5.74, 6) is 1.43. The summed E-state index contributed by atoms with van der Waals surface area (Å²) in [4.78, 5) is 14.3. The second-order valence-electron chi connectivity index (χ2n) is 7.13. The fourth-order valence-electron chi connectivity index (χ4n) is 3.54. The molecule has 0 saturated heterocycles. The Morgan fingerprint density at radius 2 is 2.09 bits per heavy atom. The third-order valence-corrected chi connectivity index (χ3v) is 7.43. The molecule has 10 heteroatoms. The van der Waals surface area contributed by atoms with Crippen molar-refractivity contribution < 1.29 is 9.21 Å². The van der Waals surface area contributed by atoms with Crippen LogP contribution >= 0.6 is 34.7 Å². The Kier molecular flexibility index (Phi) is 5.86. The van der Waals surface area contributed by atoms with Crippen molar-refractivity contribution in [3.8, 4) is 11.4 Å². The summed E-state index contributed by atoms with van der Waals surface area (Å²) in [6.07, 6.45) is 2.23. The molecule has 0 aliphatic carbocycles. The summed E-state index contributed by atoms with van der Waals surface area (Å²) >= 11 is 9.25. The zero-order chi connectivity index (χ0) is 22.1. The van der Waals surface area contributed by atoms with E-state index in [4.69, 9.17) is 16.0 Å². The summed E-state index contributed by atoms with van der Waals surface area (Å²) in [5, 5.41) is 17.9. The van der Waals surface area contributed by atoms with E-state index in [9.17, 15) is 4.79 Å². The highest BCUT2D eigenvalue weighted by Gasteiger charge is 2.34. The van der Waals surface area contributed by atoms with Crippen LogP contribution in [0.5, 0.6) is 0 Å². The summed E-state index contributed by atoms with van der Waals surface area (Å²) in [6, 6.07) is 15.0. The van der Waals surface area contributed by atoms with E-state index in [2.05, 4.69) is 15.3 Å². The van der Waals surface area contributed by atoms with Crippen molar-refractivity contribution in [3.63, 3.8) is 0 Å². The molecule has 4 heterocycles. The highest BCUT2D eigenvalue weighted by molar-refractivity contribution is 7.99. The molecule has 0 fully saturated rings. The minimum absolute atomic E-state index is 0.0998. The molecule has 32 heavy (non-hydrogen) atoms. The molecule has 1 aliphatic rings. The van der Waals surface area contributed by atoms with Crippen LogP contribution in [0.4, 0.5) is 0 Å². The van der Waals surface area contributed by atoms with Gasteiger partial charge < -0.3 is 8.98 Å². The molecular formula is C22H18ClN5O2S2. The van der Waals surface area contributed by atoms with Crippen LogP contribution in [0.3, 0.4) is 0 Å². The quantitative estimate of drug-likeness (QED) is 0.349. The SMILES string of the molecule is Cn1c(SCC(=O)N2N=C(c3ccco3)CC2c2cccs2)nnc1-c1ccccc1Cl. The normalized spacial score (nSPS) is 15.9. The van der Waals surface area contributed by atoms with Crippen LogP contribution in [-0.2, 0) is 11.8 Å². The molecule has 0 N–H and O–H groups in total. The molecule has 1 amide bonds. The first-order chi connectivity index (χ1) is 15.6. The number of nitrogens with zero attached hydrogens (tertiary/aromatic N) is 5. The average molecular weight is 484 g/mol. The maximum Gasteiger partial charge on any atom is 0.253 e. The lowest BCUT2D eigenvalue weighted by molar-refractivity contribution is -0.130. The topological polar surface area (TPSA) is 76.5 Å². The Hall–Kier alpha value is -2.88. The van der Waals surface area contributed by atoms with Gasteiger partial charge in [0.15, 0.2) is 11.0 Å². The van der Waals surface area contributed by atoms with E-state index in [1.165, 1.54) is 11.8 Å². The van der Waals surface area contributed by atoms with Crippen LogP contribution in [0, 0.1) is 0 Å². The lowest BCUT2D eigenvalue weighted by Crippen LogP contribution is -2.28.